The molecular weight excluding hydrogens is 276 g/mol. The van der Waals surface area contributed by atoms with E-state index in [1.165, 1.54) is 0 Å². The van der Waals surface area contributed by atoms with E-state index in [1.807, 2.05) is 36.4 Å². The molecule has 1 amide bonds. The molecule has 0 aliphatic heterocycles. The van der Waals surface area contributed by atoms with Crippen LogP contribution in [0.3, 0.4) is 0 Å². The van der Waals surface area contributed by atoms with Crippen LogP contribution in [0.1, 0.15) is 5.56 Å². The van der Waals surface area contributed by atoms with Crippen LogP contribution in [-0.2, 0) is 19.3 Å². The van der Waals surface area contributed by atoms with Gasteiger partial charge >= 0.3 is 5.97 Å². The minimum absolute atomic E-state index is 0.193. The Balaban J connectivity index is 2.20. The number of carbonyl (C=O) groups is 2. The zero-order valence-electron chi connectivity index (χ0n) is 11.2. The van der Waals surface area contributed by atoms with Gasteiger partial charge in [-0.25, -0.2) is 4.79 Å². The van der Waals surface area contributed by atoms with Gasteiger partial charge in [-0.1, -0.05) is 49.1 Å². The fourth-order valence-electron chi connectivity index (χ4n) is 1.16. The van der Waals surface area contributed by atoms with Crippen LogP contribution in [0.5, 0.6) is 0 Å². The average molecular weight is 292 g/mol. The fraction of sp³-hybridized carbons (Fsp3) is 0.143. The van der Waals surface area contributed by atoms with E-state index in [2.05, 4.69) is 16.9 Å². The van der Waals surface area contributed by atoms with Crippen molar-refractivity contribution in [1.29, 1.82) is 0 Å². The van der Waals surface area contributed by atoms with E-state index >= 15 is 0 Å². The van der Waals surface area contributed by atoms with Gasteiger partial charge < -0.3 is 9.94 Å². The number of amides is 1. The number of hydroxylamine groups is 2. The molecule has 1 aromatic carbocycles. The van der Waals surface area contributed by atoms with E-state index in [-0.39, 0.29) is 12.3 Å². The maximum Gasteiger partial charge on any atom is 0.380 e. The highest BCUT2D eigenvalue weighted by Crippen LogP contribution is 2.00. The molecule has 3 N–H and O–H groups in total. The van der Waals surface area contributed by atoms with Crippen LogP contribution in [0.4, 0.5) is 0 Å². The molecule has 1 rings (SSSR count). The molecule has 0 radical (unpaired) electrons. The predicted molar refractivity (Wildman–Crippen MR) is 75.0 cm³/mol. The lowest BCUT2D eigenvalue weighted by Crippen LogP contribution is -2.32. The number of aliphatic hydroxyl groups is 1. The Hall–Kier alpha value is -2.64. The van der Waals surface area contributed by atoms with Gasteiger partial charge in [-0.05, 0) is 5.56 Å². The summed E-state index contributed by atoms with van der Waals surface area (Å²) in [4.78, 5) is 31.2. The first kappa shape index (κ1) is 16.4. The summed E-state index contributed by atoms with van der Waals surface area (Å²) in [5, 5.41) is 8.41. The number of carbonyl (C=O) groups excluding carboxylic acids is 2. The monoisotopic (exact) mass is 292 g/mol. The van der Waals surface area contributed by atoms with E-state index in [4.69, 9.17) is 9.94 Å². The van der Waals surface area contributed by atoms with Crippen LogP contribution < -0.4 is 11.0 Å². The third kappa shape index (κ3) is 6.90. The SMILES string of the molecule is C=C(NOCC=Cc1ccccc1)C(=O)ONC(=O)CO. The Labute approximate surface area is 121 Å². The topological polar surface area (TPSA) is 96.9 Å². The first-order valence-electron chi connectivity index (χ1n) is 6.02. The van der Waals surface area contributed by atoms with Crippen LogP contribution in [-0.4, -0.2) is 30.2 Å². The van der Waals surface area contributed by atoms with Crippen molar-refractivity contribution in [2.45, 2.75) is 0 Å². The van der Waals surface area contributed by atoms with Crippen molar-refractivity contribution in [2.75, 3.05) is 13.2 Å². The van der Waals surface area contributed by atoms with E-state index in [9.17, 15) is 9.59 Å². The molecular formula is C14H16N2O5. The molecule has 7 nitrogen and oxygen atoms in total. The number of aliphatic hydroxyl groups excluding tert-OH is 1. The van der Waals surface area contributed by atoms with Gasteiger partial charge in [0.15, 0.2) is 0 Å². The third-order valence-electron chi connectivity index (χ3n) is 2.13. The second-order valence-electron chi connectivity index (χ2n) is 3.78. The maximum atomic E-state index is 11.3. The lowest BCUT2D eigenvalue weighted by atomic mass is 10.2. The van der Waals surface area contributed by atoms with Gasteiger partial charge in [0.1, 0.15) is 12.3 Å². The predicted octanol–water partition coefficient (Wildman–Crippen LogP) is 0.301. The normalized spacial score (nSPS) is 10.1. The second kappa shape index (κ2) is 9.29. The second-order valence-corrected chi connectivity index (χ2v) is 3.78. The van der Waals surface area contributed by atoms with Crippen molar-refractivity contribution in [3.05, 3.63) is 54.2 Å². The van der Waals surface area contributed by atoms with Gasteiger partial charge in [0.05, 0.1) is 6.61 Å². The molecule has 0 fully saturated rings. The van der Waals surface area contributed by atoms with E-state index in [1.54, 1.807) is 11.6 Å². The quantitative estimate of drug-likeness (QED) is 0.380. The molecule has 0 bridgehead atoms. The molecule has 7 heteroatoms. The summed E-state index contributed by atoms with van der Waals surface area (Å²) in [6.07, 6.45) is 3.60. The van der Waals surface area contributed by atoms with Gasteiger partial charge in [-0.2, -0.15) is 5.48 Å². The first-order valence-corrected chi connectivity index (χ1v) is 6.02. The summed E-state index contributed by atoms with van der Waals surface area (Å²) < 4.78 is 0. The number of rotatable bonds is 7. The Bertz CT molecular complexity index is 513. The fourth-order valence-corrected chi connectivity index (χ4v) is 1.16. The summed E-state index contributed by atoms with van der Waals surface area (Å²) in [5.74, 6) is -1.77. The minimum atomic E-state index is -0.927. The average Bonchev–Trinajstić information content (AvgIpc) is 2.52. The zero-order chi connectivity index (χ0) is 15.5. The molecule has 0 saturated heterocycles. The van der Waals surface area contributed by atoms with Gasteiger partial charge in [-0.15, -0.1) is 0 Å². The molecule has 0 aromatic heterocycles. The first-order chi connectivity index (χ1) is 10.1. The number of nitrogens with one attached hydrogen (secondary N) is 2. The lowest BCUT2D eigenvalue weighted by molar-refractivity contribution is -0.157. The zero-order valence-corrected chi connectivity index (χ0v) is 11.2. The van der Waals surface area contributed by atoms with Crippen molar-refractivity contribution in [1.82, 2.24) is 11.0 Å². The molecule has 0 unspecified atom stereocenters. The Morgan fingerprint density at radius 3 is 2.62 bits per heavy atom. The van der Waals surface area contributed by atoms with Gasteiger partial charge in [0.25, 0.3) is 5.91 Å². The van der Waals surface area contributed by atoms with Gasteiger partial charge in [0, 0.05) is 0 Å². The number of hydrogen-bond donors (Lipinski definition) is 3. The lowest BCUT2D eigenvalue weighted by Gasteiger charge is -2.08. The standard InChI is InChI=1S/C14H16N2O5/c1-11(14(19)21-16-13(18)10-17)15-20-9-5-8-12-6-3-2-4-7-12/h2-8,15,17H,1,9-10H2,(H,16,18). The van der Waals surface area contributed by atoms with E-state index < -0.39 is 18.5 Å². The highest BCUT2D eigenvalue weighted by molar-refractivity contribution is 5.88. The molecule has 21 heavy (non-hydrogen) atoms. The molecule has 0 spiro atoms. The molecule has 0 heterocycles. The molecule has 1 aromatic rings. The van der Waals surface area contributed by atoms with E-state index in [0.29, 0.717) is 0 Å². The van der Waals surface area contributed by atoms with Crippen molar-refractivity contribution in [3.8, 4) is 0 Å². The highest BCUT2D eigenvalue weighted by atomic mass is 16.7. The van der Waals surface area contributed by atoms with Crippen LogP contribution in [0.25, 0.3) is 6.08 Å². The summed E-state index contributed by atoms with van der Waals surface area (Å²) >= 11 is 0. The van der Waals surface area contributed by atoms with Gasteiger partial charge in [0.2, 0.25) is 0 Å². The smallest absolute Gasteiger partial charge is 0.380 e. The van der Waals surface area contributed by atoms with E-state index in [0.717, 1.165) is 5.56 Å². The van der Waals surface area contributed by atoms with Crippen LogP contribution >= 0.6 is 0 Å². The molecule has 112 valence electrons. The maximum absolute atomic E-state index is 11.3. The van der Waals surface area contributed by atoms with Crippen molar-refractivity contribution in [3.63, 3.8) is 0 Å². The van der Waals surface area contributed by atoms with Crippen molar-refractivity contribution in [2.24, 2.45) is 0 Å². The van der Waals surface area contributed by atoms with Gasteiger partial charge in [-0.3, -0.25) is 15.1 Å². The van der Waals surface area contributed by atoms with Crippen LogP contribution in [0.15, 0.2) is 48.7 Å². The highest BCUT2D eigenvalue weighted by Gasteiger charge is 2.10. The Morgan fingerprint density at radius 2 is 1.95 bits per heavy atom. The molecule has 0 saturated carbocycles. The Morgan fingerprint density at radius 1 is 1.24 bits per heavy atom. The summed E-state index contributed by atoms with van der Waals surface area (Å²) in [5.41, 5.74) is 4.83. The summed E-state index contributed by atoms with van der Waals surface area (Å²) in [7, 11) is 0. The largest absolute Gasteiger partial charge is 0.386 e. The van der Waals surface area contributed by atoms with Crippen molar-refractivity contribution >= 4 is 18.0 Å². The Kier molecular flexibility index (Phi) is 7.26. The van der Waals surface area contributed by atoms with Crippen LogP contribution in [0, 0.1) is 0 Å². The summed E-state index contributed by atoms with van der Waals surface area (Å²) in [6, 6.07) is 9.61. The molecule has 0 atom stereocenters. The molecule has 0 aliphatic rings. The van der Waals surface area contributed by atoms with Crippen LogP contribution in [0.2, 0.25) is 0 Å². The third-order valence-corrected chi connectivity index (χ3v) is 2.13. The molecule has 0 aliphatic carbocycles. The minimum Gasteiger partial charge on any atom is -0.386 e. The number of hydrogen-bond acceptors (Lipinski definition) is 6. The summed E-state index contributed by atoms with van der Waals surface area (Å²) in [6.45, 7) is 2.78. The number of benzene rings is 1. The van der Waals surface area contributed by atoms with Crippen molar-refractivity contribution < 1.29 is 24.4 Å².